The van der Waals surface area contributed by atoms with Gasteiger partial charge < -0.3 is 55.4 Å². The van der Waals surface area contributed by atoms with E-state index in [9.17, 15) is 50.8 Å². The Kier molecular flexibility index (Phi) is 10.5. The molecule has 9 N–H and O–H groups in total. The highest BCUT2D eigenvalue weighted by molar-refractivity contribution is 5.83. The second kappa shape index (κ2) is 14.2. The zero-order chi connectivity index (χ0) is 33.2. The second-order valence-electron chi connectivity index (χ2n) is 11.9. The molecule has 0 aromatic heterocycles. The molecule has 0 bridgehead atoms. The van der Waals surface area contributed by atoms with E-state index in [1.807, 2.05) is 18.2 Å². The summed E-state index contributed by atoms with van der Waals surface area (Å²) < 4.78 is 11.1. The van der Waals surface area contributed by atoms with Gasteiger partial charge in [0.1, 0.15) is 42.7 Å². The highest BCUT2D eigenvalue weighted by Gasteiger charge is 2.44. The highest BCUT2D eigenvalue weighted by atomic mass is 16.5. The van der Waals surface area contributed by atoms with Crippen molar-refractivity contribution in [1.82, 2.24) is 0 Å². The minimum Gasteiger partial charge on any atom is -0.481 e. The van der Waals surface area contributed by atoms with Gasteiger partial charge in [-0.15, -0.1) is 0 Å². The van der Waals surface area contributed by atoms with E-state index in [0.717, 1.165) is 22.3 Å². The number of carboxylic acids is 1. The molecule has 0 saturated carbocycles. The fourth-order valence-corrected chi connectivity index (χ4v) is 6.55. The summed E-state index contributed by atoms with van der Waals surface area (Å²) in [6.45, 7) is -1.17. The van der Waals surface area contributed by atoms with Crippen LogP contribution in [0, 0.1) is 23.7 Å². The Morgan fingerprint density at radius 1 is 0.761 bits per heavy atom. The molecule has 2 saturated heterocycles. The number of aliphatic hydroxyl groups is 8. The predicted molar refractivity (Wildman–Crippen MR) is 161 cm³/mol. The van der Waals surface area contributed by atoms with Crippen LogP contribution in [0.15, 0.2) is 36.4 Å². The lowest BCUT2D eigenvalue weighted by molar-refractivity contribution is -0.214. The molecule has 3 aliphatic rings. The molecule has 2 heterocycles. The molecule has 246 valence electrons. The van der Waals surface area contributed by atoms with Gasteiger partial charge in [0.25, 0.3) is 0 Å². The third-order valence-electron chi connectivity index (χ3n) is 9.03. The monoisotopic (exact) mass is 638 g/mol. The number of ether oxygens (including phenoxy) is 2. The first-order valence-electron chi connectivity index (χ1n) is 15.1. The number of rotatable bonds is 7. The van der Waals surface area contributed by atoms with Gasteiger partial charge in [-0.3, -0.25) is 4.79 Å². The summed E-state index contributed by atoms with van der Waals surface area (Å²) in [5, 5.41) is 89.9. The summed E-state index contributed by atoms with van der Waals surface area (Å²) in [6.07, 6.45) is -10.8. The summed E-state index contributed by atoms with van der Waals surface area (Å²) in [5.41, 5.74) is 3.20. The summed E-state index contributed by atoms with van der Waals surface area (Å²) in [4.78, 5) is 11.8. The van der Waals surface area contributed by atoms with E-state index in [0.29, 0.717) is 11.1 Å². The molecule has 1 aliphatic carbocycles. The van der Waals surface area contributed by atoms with E-state index in [2.05, 4.69) is 23.7 Å². The summed E-state index contributed by atoms with van der Waals surface area (Å²) in [6, 6.07) is 10.8. The van der Waals surface area contributed by atoms with Crippen LogP contribution in [-0.2, 0) is 19.7 Å². The molecular weight excluding hydrogens is 600 g/mol. The maximum atomic E-state index is 11.8. The molecule has 0 radical (unpaired) electrons. The quantitative estimate of drug-likeness (QED) is 0.160. The Hall–Kier alpha value is -3.37. The van der Waals surface area contributed by atoms with E-state index >= 15 is 0 Å². The number of hydrogen-bond donors (Lipinski definition) is 9. The van der Waals surface area contributed by atoms with Gasteiger partial charge >= 0.3 is 5.97 Å². The maximum Gasteiger partial charge on any atom is 0.303 e. The molecule has 46 heavy (non-hydrogen) atoms. The normalized spacial score (nSPS) is 33.2. The van der Waals surface area contributed by atoms with Crippen LogP contribution >= 0.6 is 0 Å². The van der Waals surface area contributed by atoms with E-state index in [4.69, 9.17) is 9.47 Å². The maximum absolute atomic E-state index is 11.8. The van der Waals surface area contributed by atoms with Crippen molar-refractivity contribution < 1.29 is 60.2 Å². The Labute approximate surface area is 265 Å². The lowest BCUT2D eigenvalue weighted by atomic mass is 9.71. The molecule has 0 spiro atoms. The average Bonchev–Trinajstić information content (AvgIpc) is 3.31. The minimum atomic E-state index is -1.57. The van der Waals surface area contributed by atoms with E-state index < -0.39 is 72.9 Å². The number of aliphatic carboxylic acids is 1. The average molecular weight is 639 g/mol. The number of benzene rings is 2. The predicted octanol–water partition coefficient (Wildman–Crippen LogP) is -1.38. The van der Waals surface area contributed by atoms with Crippen LogP contribution in [0.2, 0.25) is 0 Å². The molecule has 0 amide bonds. The van der Waals surface area contributed by atoms with Gasteiger partial charge in [0.2, 0.25) is 0 Å². The largest absolute Gasteiger partial charge is 0.481 e. The van der Waals surface area contributed by atoms with Gasteiger partial charge in [-0.1, -0.05) is 35.8 Å². The van der Waals surface area contributed by atoms with Gasteiger partial charge in [-0.25, -0.2) is 0 Å². The molecule has 2 fully saturated rings. The van der Waals surface area contributed by atoms with Crippen LogP contribution in [0.25, 0.3) is 11.1 Å². The van der Waals surface area contributed by atoms with Crippen LogP contribution in [0.1, 0.15) is 47.9 Å². The third-order valence-corrected chi connectivity index (χ3v) is 9.03. The van der Waals surface area contributed by atoms with Gasteiger partial charge in [-0.2, -0.15) is 0 Å². The lowest BCUT2D eigenvalue weighted by Gasteiger charge is -2.37. The van der Waals surface area contributed by atoms with Crippen molar-refractivity contribution in [2.45, 2.75) is 86.0 Å². The second-order valence-corrected chi connectivity index (χ2v) is 11.9. The molecule has 10 atom stereocenters. The first kappa shape index (κ1) is 34.0. The van der Waals surface area contributed by atoms with E-state index in [1.165, 1.54) is 0 Å². The molecular formula is C34H38O12. The topological polar surface area (TPSA) is 218 Å². The Balaban J connectivity index is 1.52. The standard InChI is InChI=1S/C34H38O12/c35-12-11-34(10-9-29(39)40)23-13-18(3-7-26-30(41)25(38)15-20(16-36)45-26)1-5-21(23)22-6-2-19(14-24(22)34)4-8-27-31(42)33(44)32(43)28(17-37)46-27/h1-2,5-6,13-14,20,25-28,30-33,35-38,41-44H,9-12,15-17H2,(H,39,40)/t20-,25-,26+,27+,28+,30-,31+,32+,33+,34?/m0/s1. The lowest BCUT2D eigenvalue weighted by Crippen LogP contribution is -2.58. The van der Waals surface area contributed by atoms with E-state index in [1.54, 1.807) is 18.2 Å². The molecule has 2 aromatic rings. The molecule has 12 nitrogen and oxygen atoms in total. The van der Waals surface area contributed by atoms with Crippen molar-refractivity contribution in [3.05, 3.63) is 58.7 Å². The molecule has 1 unspecified atom stereocenters. The summed E-state index contributed by atoms with van der Waals surface area (Å²) >= 11 is 0. The minimum absolute atomic E-state index is 0.0785. The van der Waals surface area contributed by atoms with Gasteiger partial charge in [0.15, 0.2) is 0 Å². The fraction of sp³-hybridized carbons (Fsp3) is 0.500. The van der Waals surface area contributed by atoms with Crippen molar-refractivity contribution in [3.63, 3.8) is 0 Å². The number of aliphatic hydroxyl groups excluding tert-OH is 8. The van der Waals surface area contributed by atoms with Crippen molar-refractivity contribution in [1.29, 1.82) is 0 Å². The van der Waals surface area contributed by atoms with E-state index in [-0.39, 0.29) is 38.9 Å². The molecule has 5 rings (SSSR count). The molecule has 2 aliphatic heterocycles. The molecule has 2 aromatic carbocycles. The first-order chi connectivity index (χ1) is 22.0. The van der Waals surface area contributed by atoms with Crippen LogP contribution in [-0.4, -0.2) is 127 Å². The third kappa shape index (κ3) is 6.56. The number of fused-ring (bicyclic) bond motifs is 3. The summed E-state index contributed by atoms with van der Waals surface area (Å²) in [7, 11) is 0. The SMILES string of the molecule is O=C(O)CCC1(CCO)c2cc(C#C[C@H]3O[C@H](CO)[C@@H](O)[C@H](O)[C@@H]3O)ccc2-c2ccc(C#C[C@H]3O[C@H](CO)C[C@H](O)[C@@H]3O)cc21. The molecule has 12 heteroatoms. The summed E-state index contributed by atoms with van der Waals surface area (Å²) in [5.74, 6) is 10.5. The first-order valence-corrected chi connectivity index (χ1v) is 15.1. The Morgan fingerprint density at radius 2 is 1.35 bits per heavy atom. The van der Waals surface area contributed by atoms with Crippen LogP contribution in [0.4, 0.5) is 0 Å². The zero-order valence-corrected chi connectivity index (χ0v) is 24.9. The van der Waals surface area contributed by atoms with Crippen LogP contribution in [0.3, 0.4) is 0 Å². The number of carbonyl (C=O) groups is 1. The highest BCUT2D eigenvalue weighted by Crippen LogP contribution is 2.53. The zero-order valence-electron chi connectivity index (χ0n) is 24.9. The Morgan fingerprint density at radius 3 is 1.87 bits per heavy atom. The van der Waals surface area contributed by atoms with Gasteiger partial charge in [0, 0.05) is 36.0 Å². The van der Waals surface area contributed by atoms with Crippen molar-refractivity contribution in [2.24, 2.45) is 0 Å². The fourth-order valence-electron chi connectivity index (χ4n) is 6.55. The van der Waals surface area contributed by atoms with Gasteiger partial charge in [0.05, 0.1) is 25.4 Å². The van der Waals surface area contributed by atoms with Crippen molar-refractivity contribution in [3.8, 4) is 34.8 Å². The van der Waals surface area contributed by atoms with Crippen LogP contribution < -0.4 is 0 Å². The smallest absolute Gasteiger partial charge is 0.303 e. The van der Waals surface area contributed by atoms with Gasteiger partial charge in [-0.05, 0) is 59.4 Å². The van der Waals surface area contributed by atoms with Crippen LogP contribution in [0.5, 0.6) is 0 Å². The number of hydrogen-bond acceptors (Lipinski definition) is 11. The van der Waals surface area contributed by atoms with Crippen molar-refractivity contribution >= 4 is 5.97 Å². The number of carboxylic acid groups (broad SMARTS) is 1. The van der Waals surface area contributed by atoms with Crippen molar-refractivity contribution in [2.75, 3.05) is 19.8 Å². The Bertz CT molecular complexity index is 1550.